The van der Waals surface area contributed by atoms with Crippen molar-refractivity contribution >= 4 is 11.0 Å². The minimum Gasteiger partial charge on any atom is -0.459 e. The molecule has 0 spiro atoms. The molecule has 0 aliphatic rings. The quantitative estimate of drug-likeness (QED) is 0.759. The maximum absolute atomic E-state index is 6.23. The highest BCUT2D eigenvalue weighted by Crippen LogP contribution is 2.26. The Kier molecular flexibility index (Phi) is 2.84. The van der Waals surface area contributed by atoms with Gasteiger partial charge in [0.2, 0.25) is 0 Å². The van der Waals surface area contributed by atoms with Gasteiger partial charge in [-0.15, -0.1) is 0 Å². The van der Waals surface area contributed by atoms with Crippen molar-refractivity contribution in [1.29, 1.82) is 0 Å². The predicted molar refractivity (Wildman–Crippen MR) is 76.0 cm³/mol. The molecule has 19 heavy (non-hydrogen) atoms. The molecule has 0 aliphatic heterocycles. The van der Waals surface area contributed by atoms with Gasteiger partial charge in [0, 0.05) is 11.1 Å². The summed E-state index contributed by atoms with van der Waals surface area (Å²) in [5, 5.41) is 1.08. The Labute approximate surface area is 112 Å². The Bertz CT molecular complexity index is 730. The van der Waals surface area contributed by atoms with Crippen LogP contribution in [0.3, 0.4) is 0 Å². The van der Waals surface area contributed by atoms with Crippen molar-refractivity contribution in [3.05, 3.63) is 65.2 Å². The Hall–Kier alpha value is -2.13. The molecule has 1 atom stereocenters. The van der Waals surface area contributed by atoms with E-state index in [0.29, 0.717) is 0 Å². The molecule has 3 nitrogen and oxygen atoms in total. The van der Waals surface area contributed by atoms with Gasteiger partial charge in [-0.2, -0.15) is 0 Å². The van der Waals surface area contributed by atoms with Crippen LogP contribution in [-0.2, 0) is 0 Å². The highest BCUT2D eigenvalue weighted by molar-refractivity contribution is 5.78. The van der Waals surface area contributed by atoms with E-state index < -0.39 is 0 Å². The number of furan rings is 1. The van der Waals surface area contributed by atoms with Crippen molar-refractivity contribution in [1.82, 2.24) is 4.98 Å². The summed E-state index contributed by atoms with van der Waals surface area (Å²) >= 11 is 0. The number of benzene rings is 1. The van der Waals surface area contributed by atoms with Crippen LogP contribution in [0.1, 0.15) is 28.8 Å². The molecule has 0 saturated carbocycles. The molecular weight excluding hydrogens is 236 g/mol. The van der Waals surface area contributed by atoms with Gasteiger partial charge in [-0.3, -0.25) is 4.98 Å². The SMILES string of the molecule is Cc1ccc2oc(C(N)c3cccc(C)n3)cc2c1. The van der Waals surface area contributed by atoms with Gasteiger partial charge in [-0.25, -0.2) is 0 Å². The Morgan fingerprint density at radius 3 is 2.74 bits per heavy atom. The minimum atomic E-state index is -0.326. The second kappa shape index (κ2) is 4.52. The van der Waals surface area contributed by atoms with E-state index in [-0.39, 0.29) is 6.04 Å². The Morgan fingerprint density at radius 2 is 1.95 bits per heavy atom. The number of aromatic nitrogens is 1. The van der Waals surface area contributed by atoms with Crippen LogP contribution in [0.5, 0.6) is 0 Å². The second-order valence-electron chi connectivity index (χ2n) is 4.87. The highest BCUT2D eigenvalue weighted by Gasteiger charge is 2.15. The predicted octanol–water partition coefficient (Wildman–Crippen LogP) is 3.49. The zero-order valence-electron chi connectivity index (χ0n) is 11.1. The molecule has 96 valence electrons. The first-order valence-corrected chi connectivity index (χ1v) is 6.33. The van der Waals surface area contributed by atoms with Crippen LogP contribution in [0, 0.1) is 13.8 Å². The molecule has 0 amide bonds. The lowest BCUT2D eigenvalue weighted by Gasteiger charge is -2.08. The van der Waals surface area contributed by atoms with E-state index in [2.05, 4.69) is 18.0 Å². The third-order valence-electron chi connectivity index (χ3n) is 3.23. The van der Waals surface area contributed by atoms with Crippen LogP contribution in [-0.4, -0.2) is 4.98 Å². The van der Waals surface area contributed by atoms with Crippen molar-refractivity contribution in [2.45, 2.75) is 19.9 Å². The number of rotatable bonds is 2. The average molecular weight is 252 g/mol. The zero-order chi connectivity index (χ0) is 13.4. The van der Waals surface area contributed by atoms with Gasteiger partial charge in [0.05, 0.1) is 5.69 Å². The summed E-state index contributed by atoms with van der Waals surface area (Å²) in [6.07, 6.45) is 0. The van der Waals surface area contributed by atoms with Crippen molar-refractivity contribution < 1.29 is 4.42 Å². The van der Waals surface area contributed by atoms with E-state index in [0.717, 1.165) is 28.1 Å². The lowest BCUT2D eigenvalue weighted by atomic mass is 10.1. The van der Waals surface area contributed by atoms with Crippen LogP contribution in [0.25, 0.3) is 11.0 Å². The molecule has 0 bridgehead atoms. The molecule has 3 aromatic rings. The van der Waals surface area contributed by atoms with Crippen molar-refractivity contribution in [3.8, 4) is 0 Å². The average Bonchev–Trinajstić information content (AvgIpc) is 2.80. The summed E-state index contributed by atoms with van der Waals surface area (Å²) in [6.45, 7) is 4.02. The van der Waals surface area contributed by atoms with E-state index in [1.807, 2.05) is 43.3 Å². The van der Waals surface area contributed by atoms with E-state index in [9.17, 15) is 0 Å². The van der Waals surface area contributed by atoms with Gasteiger partial charge in [0.15, 0.2) is 0 Å². The van der Waals surface area contributed by atoms with Crippen molar-refractivity contribution in [2.75, 3.05) is 0 Å². The molecule has 0 fully saturated rings. The molecule has 0 saturated heterocycles. The molecule has 3 heteroatoms. The molecule has 2 heterocycles. The third kappa shape index (κ3) is 2.25. The second-order valence-corrected chi connectivity index (χ2v) is 4.87. The summed E-state index contributed by atoms with van der Waals surface area (Å²) in [4.78, 5) is 4.45. The first-order valence-electron chi connectivity index (χ1n) is 6.33. The zero-order valence-corrected chi connectivity index (χ0v) is 11.1. The van der Waals surface area contributed by atoms with Gasteiger partial charge in [-0.1, -0.05) is 17.7 Å². The normalized spacial score (nSPS) is 12.8. The standard InChI is InChI=1S/C16H16N2O/c1-10-6-7-14-12(8-10)9-15(19-14)16(17)13-5-3-4-11(2)18-13/h3-9,16H,17H2,1-2H3. The number of pyridine rings is 1. The summed E-state index contributed by atoms with van der Waals surface area (Å²) in [5.41, 5.74) is 10.1. The lowest BCUT2D eigenvalue weighted by molar-refractivity contribution is 0.520. The van der Waals surface area contributed by atoms with Crippen LogP contribution in [0.4, 0.5) is 0 Å². The number of fused-ring (bicyclic) bond motifs is 1. The molecule has 1 aromatic carbocycles. The number of hydrogen-bond donors (Lipinski definition) is 1. The molecule has 1 unspecified atom stereocenters. The van der Waals surface area contributed by atoms with Crippen LogP contribution in [0.15, 0.2) is 46.9 Å². The first-order chi connectivity index (χ1) is 9.13. The van der Waals surface area contributed by atoms with Gasteiger partial charge >= 0.3 is 0 Å². The molecule has 0 radical (unpaired) electrons. The molecule has 2 aromatic heterocycles. The topological polar surface area (TPSA) is 52.0 Å². The van der Waals surface area contributed by atoms with E-state index >= 15 is 0 Å². The third-order valence-corrected chi connectivity index (χ3v) is 3.23. The number of hydrogen-bond acceptors (Lipinski definition) is 3. The molecule has 0 aliphatic carbocycles. The highest BCUT2D eigenvalue weighted by atomic mass is 16.3. The van der Waals surface area contributed by atoms with Crippen LogP contribution in [0.2, 0.25) is 0 Å². The minimum absolute atomic E-state index is 0.326. The smallest absolute Gasteiger partial charge is 0.134 e. The largest absolute Gasteiger partial charge is 0.459 e. The lowest BCUT2D eigenvalue weighted by Crippen LogP contribution is -2.12. The summed E-state index contributed by atoms with van der Waals surface area (Å²) in [5.74, 6) is 0.749. The molecule has 2 N–H and O–H groups in total. The van der Waals surface area contributed by atoms with E-state index in [4.69, 9.17) is 10.2 Å². The maximum Gasteiger partial charge on any atom is 0.134 e. The van der Waals surface area contributed by atoms with Crippen molar-refractivity contribution in [2.24, 2.45) is 5.73 Å². The first kappa shape index (κ1) is 11.9. The Balaban J connectivity index is 2.04. The fourth-order valence-corrected chi connectivity index (χ4v) is 2.22. The summed E-state index contributed by atoms with van der Waals surface area (Å²) in [7, 11) is 0. The molecular formula is C16H16N2O. The monoisotopic (exact) mass is 252 g/mol. The summed E-state index contributed by atoms with van der Waals surface area (Å²) < 4.78 is 5.81. The van der Waals surface area contributed by atoms with Gasteiger partial charge in [0.1, 0.15) is 17.4 Å². The maximum atomic E-state index is 6.23. The van der Waals surface area contributed by atoms with Crippen molar-refractivity contribution in [3.63, 3.8) is 0 Å². The van der Waals surface area contributed by atoms with Crippen LogP contribution >= 0.6 is 0 Å². The van der Waals surface area contributed by atoms with E-state index in [1.54, 1.807) is 0 Å². The van der Waals surface area contributed by atoms with Gasteiger partial charge in [0.25, 0.3) is 0 Å². The summed E-state index contributed by atoms with van der Waals surface area (Å²) in [6, 6.07) is 13.6. The number of aryl methyl sites for hydroxylation is 2. The van der Waals surface area contributed by atoms with Crippen LogP contribution < -0.4 is 5.73 Å². The number of nitrogens with two attached hydrogens (primary N) is 1. The fraction of sp³-hybridized carbons (Fsp3) is 0.188. The van der Waals surface area contributed by atoms with Gasteiger partial charge in [-0.05, 0) is 44.2 Å². The fourth-order valence-electron chi connectivity index (χ4n) is 2.22. The Morgan fingerprint density at radius 1 is 1.11 bits per heavy atom. The number of nitrogens with zero attached hydrogens (tertiary/aromatic N) is 1. The van der Waals surface area contributed by atoms with Gasteiger partial charge < -0.3 is 10.2 Å². The van der Waals surface area contributed by atoms with E-state index in [1.165, 1.54) is 5.56 Å². The molecule has 3 rings (SSSR count).